The van der Waals surface area contributed by atoms with Crippen LogP contribution in [0, 0.1) is 0 Å². The van der Waals surface area contributed by atoms with Crippen molar-refractivity contribution < 1.29 is 14.4 Å². The lowest BCUT2D eigenvalue weighted by Gasteiger charge is -2.36. The van der Waals surface area contributed by atoms with E-state index in [0.717, 1.165) is 0 Å². The number of hydrogen-bond acceptors (Lipinski definition) is 4. The molecule has 0 aromatic rings. The molecule has 6 heteroatoms. The van der Waals surface area contributed by atoms with Gasteiger partial charge in [-0.2, -0.15) is 0 Å². The number of imide groups is 1. The fraction of sp³-hybridized carbons (Fsp3) is 0.667. The Morgan fingerprint density at radius 1 is 1.13 bits per heavy atom. The Morgan fingerprint density at radius 3 is 2.73 bits per heavy atom. The molecular formula is C9H10N2O3S. The van der Waals surface area contributed by atoms with Crippen LogP contribution in [0.1, 0.15) is 12.8 Å². The van der Waals surface area contributed by atoms with E-state index in [0.29, 0.717) is 24.5 Å². The summed E-state index contributed by atoms with van der Waals surface area (Å²) in [6.45, 7) is 0. The molecule has 15 heavy (non-hydrogen) atoms. The maximum Gasteiger partial charge on any atom is 0.253 e. The molecule has 3 aliphatic rings. The minimum Gasteiger partial charge on any atom is -0.319 e. The van der Waals surface area contributed by atoms with E-state index < -0.39 is 6.04 Å². The fourth-order valence-corrected chi connectivity index (χ4v) is 3.57. The first-order valence-corrected chi connectivity index (χ1v) is 6.10. The largest absolute Gasteiger partial charge is 0.319 e. The van der Waals surface area contributed by atoms with E-state index in [1.54, 1.807) is 16.7 Å². The Hall–Kier alpha value is -1.04. The van der Waals surface area contributed by atoms with Crippen molar-refractivity contribution in [3.05, 3.63) is 0 Å². The monoisotopic (exact) mass is 226 g/mol. The summed E-state index contributed by atoms with van der Waals surface area (Å²) >= 11 is 1.57. The average molecular weight is 226 g/mol. The molecule has 3 amide bonds. The van der Waals surface area contributed by atoms with Crippen LogP contribution < -0.4 is 0 Å². The molecule has 0 spiro atoms. The normalized spacial score (nSPS) is 34.8. The summed E-state index contributed by atoms with van der Waals surface area (Å²) in [5.74, 6) is 0.812. The van der Waals surface area contributed by atoms with E-state index in [-0.39, 0.29) is 23.8 Å². The zero-order chi connectivity index (χ0) is 10.6. The molecule has 3 rings (SSSR count). The highest BCUT2D eigenvalue weighted by molar-refractivity contribution is 7.99. The number of hydrogen-bond donors (Lipinski definition) is 0. The van der Waals surface area contributed by atoms with Gasteiger partial charge in [0.05, 0.1) is 5.88 Å². The molecule has 3 saturated heterocycles. The molecule has 3 heterocycles. The molecule has 2 atom stereocenters. The van der Waals surface area contributed by atoms with E-state index in [4.69, 9.17) is 0 Å². The van der Waals surface area contributed by atoms with Gasteiger partial charge in [0.25, 0.3) is 5.91 Å². The van der Waals surface area contributed by atoms with Crippen LogP contribution in [0.3, 0.4) is 0 Å². The molecule has 80 valence electrons. The van der Waals surface area contributed by atoms with Gasteiger partial charge >= 0.3 is 0 Å². The number of fused-ring (bicyclic) bond motifs is 2. The summed E-state index contributed by atoms with van der Waals surface area (Å²) < 4.78 is 0. The highest BCUT2D eigenvalue weighted by Crippen LogP contribution is 2.33. The zero-order valence-electron chi connectivity index (χ0n) is 8.01. The number of nitrogens with zero attached hydrogens (tertiary/aromatic N) is 2. The van der Waals surface area contributed by atoms with Gasteiger partial charge in [0.15, 0.2) is 0 Å². The number of thioether (sulfide) groups is 1. The maximum absolute atomic E-state index is 11.9. The fourth-order valence-electron chi connectivity index (χ4n) is 2.41. The van der Waals surface area contributed by atoms with Crippen LogP contribution in [0.15, 0.2) is 0 Å². The molecule has 0 bridgehead atoms. The molecule has 0 radical (unpaired) electrons. The lowest BCUT2D eigenvalue weighted by Crippen LogP contribution is -2.62. The highest BCUT2D eigenvalue weighted by atomic mass is 32.2. The summed E-state index contributed by atoms with van der Waals surface area (Å²) in [5.41, 5.74) is 0. The van der Waals surface area contributed by atoms with E-state index in [1.165, 1.54) is 4.90 Å². The van der Waals surface area contributed by atoms with Crippen LogP contribution in [-0.2, 0) is 14.4 Å². The van der Waals surface area contributed by atoms with Crippen LogP contribution in [-0.4, -0.2) is 51.2 Å². The predicted molar refractivity (Wildman–Crippen MR) is 52.8 cm³/mol. The maximum atomic E-state index is 11.9. The van der Waals surface area contributed by atoms with Gasteiger partial charge in [-0.25, -0.2) is 0 Å². The summed E-state index contributed by atoms with van der Waals surface area (Å²) in [7, 11) is 0. The number of amides is 3. The summed E-state index contributed by atoms with van der Waals surface area (Å²) in [4.78, 5) is 38.2. The highest BCUT2D eigenvalue weighted by Gasteiger charge is 2.52. The topological polar surface area (TPSA) is 57.7 Å². The summed E-state index contributed by atoms with van der Waals surface area (Å²) in [6, 6.07) is -0.888. The molecular weight excluding hydrogens is 216 g/mol. The summed E-state index contributed by atoms with van der Waals surface area (Å²) in [5, 5.41) is 0. The van der Waals surface area contributed by atoms with Gasteiger partial charge in [-0.15, -0.1) is 11.8 Å². The second-order valence-electron chi connectivity index (χ2n) is 3.98. The van der Waals surface area contributed by atoms with Crippen molar-refractivity contribution in [2.75, 3.05) is 11.6 Å². The van der Waals surface area contributed by atoms with Crippen molar-refractivity contribution in [1.29, 1.82) is 0 Å². The third kappa shape index (κ3) is 1.08. The Bertz CT molecular complexity index is 370. The van der Waals surface area contributed by atoms with Crippen molar-refractivity contribution in [3.8, 4) is 0 Å². The van der Waals surface area contributed by atoms with Crippen LogP contribution in [0.25, 0.3) is 0 Å². The lowest BCUT2D eigenvalue weighted by atomic mass is 10.1. The van der Waals surface area contributed by atoms with Gasteiger partial charge in [0.1, 0.15) is 12.1 Å². The number of rotatable bonds is 0. The van der Waals surface area contributed by atoms with Gasteiger partial charge in [0.2, 0.25) is 11.8 Å². The quantitative estimate of drug-likeness (QED) is 0.518. The molecule has 5 nitrogen and oxygen atoms in total. The van der Waals surface area contributed by atoms with Crippen LogP contribution in [0.4, 0.5) is 0 Å². The zero-order valence-corrected chi connectivity index (χ0v) is 8.83. The standard InChI is InChI=1S/C9H10N2O3S/c12-7-2-1-5-8(13)10-4-15-3-6(10)9(14)11(5)7/h5-6H,1-4H2/t5-,6+/m0/s1. The van der Waals surface area contributed by atoms with E-state index in [9.17, 15) is 14.4 Å². The molecule has 0 aromatic carbocycles. The van der Waals surface area contributed by atoms with Gasteiger partial charge < -0.3 is 4.90 Å². The first-order valence-electron chi connectivity index (χ1n) is 4.94. The molecule has 3 fully saturated rings. The molecule has 0 aliphatic carbocycles. The van der Waals surface area contributed by atoms with Crippen molar-refractivity contribution in [2.24, 2.45) is 0 Å². The van der Waals surface area contributed by atoms with Crippen molar-refractivity contribution in [2.45, 2.75) is 24.9 Å². The summed E-state index contributed by atoms with van der Waals surface area (Å²) in [6.07, 6.45) is 0.827. The second-order valence-corrected chi connectivity index (χ2v) is 4.98. The van der Waals surface area contributed by atoms with Crippen molar-refractivity contribution in [3.63, 3.8) is 0 Å². The first kappa shape index (κ1) is 9.21. The third-order valence-corrected chi connectivity index (χ3v) is 4.20. The van der Waals surface area contributed by atoms with Crippen molar-refractivity contribution in [1.82, 2.24) is 9.80 Å². The van der Waals surface area contributed by atoms with Gasteiger partial charge in [-0.05, 0) is 6.42 Å². The Labute approximate surface area is 90.8 Å². The molecule has 0 N–H and O–H groups in total. The lowest BCUT2D eigenvalue weighted by molar-refractivity contribution is -0.161. The third-order valence-electron chi connectivity index (χ3n) is 3.18. The smallest absolute Gasteiger partial charge is 0.253 e. The van der Waals surface area contributed by atoms with E-state index >= 15 is 0 Å². The second kappa shape index (κ2) is 2.98. The number of piperazine rings is 1. The van der Waals surface area contributed by atoms with E-state index in [1.807, 2.05) is 0 Å². The van der Waals surface area contributed by atoms with Crippen LogP contribution in [0.2, 0.25) is 0 Å². The predicted octanol–water partition coefficient (Wildman–Crippen LogP) is -0.581. The Kier molecular flexibility index (Phi) is 1.83. The molecule has 0 saturated carbocycles. The molecule has 3 aliphatic heterocycles. The SMILES string of the molecule is O=C1[C@@H]2CCC(=O)N2C(=O)[C@H]2CSCN12. The average Bonchev–Trinajstić information content (AvgIpc) is 2.80. The van der Waals surface area contributed by atoms with Gasteiger partial charge in [0, 0.05) is 12.2 Å². The Balaban J connectivity index is 2.00. The van der Waals surface area contributed by atoms with Gasteiger partial charge in [-0.1, -0.05) is 0 Å². The minimum absolute atomic E-state index is 0.0459. The van der Waals surface area contributed by atoms with E-state index in [2.05, 4.69) is 0 Å². The van der Waals surface area contributed by atoms with Crippen LogP contribution >= 0.6 is 11.8 Å². The Morgan fingerprint density at radius 2 is 1.93 bits per heavy atom. The van der Waals surface area contributed by atoms with Crippen molar-refractivity contribution >= 4 is 29.5 Å². The van der Waals surface area contributed by atoms with Gasteiger partial charge in [-0.3, -0.25) is 19.3 Å². The first-order chi connectivity index (χ1) is 7.20. The molecule has 0 aromatic heterocycles. The minimum atomic E-state index is -0.500. The van der Waals surface area contributed by atoms with Crippen LogP contribution in [0.5, 0.6) is 0 Å². The number of carbonyl (C=O) groups excluding carboxylic acids is 3. The number of carbonyl (C=O) groups is 3. The molecule has 0 unspecified atom stereocenters.